The molecule has 5 nitrogen and oxygen atoms in total. The Morgan fingerprint density at radius 3 is 2.84 bits per heavy atom. The van der Waals surface area contributed by atoms with Gasteiger partial charge in [0.2, 0.25) is 5.91 Å². The maximum absolute atomic E-state index is 11.7. The number of nitrogens with zero attached hydrogens (tertiary/aromatic N) is 2. The molecule has 0 radical (unpaired) electrons. The molecule has 0 aromatic carbocycles. The summed E-state index contributed by atoms with van der Waals surface area (Å²) in [6.07, 6.45) is 7.70. The second-order valence-electron chi connectivity index (χ2n) is 4.50. The van der Waals surface area contributed by atoms with E-state index in [1.54, 1.807) is 6.20 Å². The number of carbonyl (C=O) groups excluding carboxylic acids is 1. The van der Waals surface area contributed by atoms with E-state index in [1.807, 2.05) is 6.92 Å². The van der Waals surface area contributed by atoms with Crippen molar-refractivity contribution >= 4 is 23.5 Å². The van der Waals surface area contributed by atoms with Gasteiger partial charge in [-0.1, -0.05) is 37.9 Å². The highest BCUT2D eigenvalue weighted by Gasteiger charge is 2.09. The molecule has 0 aliphatic rings. The Balaban J connectivity index is 2.26. The number of carbonyl (C=O) groups is 1. The number of nitrogens with one attached hydrogen (secondary N) is 1. The van der Waals surface area contributed by atoms with Crippen LogP contribution in [-0.4, -0.2) is 27.7 Å². The Bertz CT molecular complexity index is 400. The van der Waals surface area contributed by atoms with E-state index in [4.69, 9.17) is 5.73 Å². The van der Waals surface area contributed by atoms with Gasteiger partial charge in [0.05, 0.1) is 5.75 Å². The van der Waals surface area contributed by atoms with E-state index in [1.165, 1.54) is 30.8 Å². The first-order chi connectivity index (χ1) is 9.13. The first kappa shape index (κ1) is 15.8. The number of anilines is 1. The van der Waals surface area contributed by atoms with Crippen LogP contribution >= 0.6 is 11.8 Å². The third-order valence-electron chi connectivity index (χ3n) is 2.68. The normalized spacial score (nSPS) is 12.1. The van der Waals surface area contributed by atoms with Crippen molar-refractivity contribution < 1.29 is 4.79 Å². The van der Waals surface area contributed by atoms with Crippen LogP contribution in [0.5, 0.6) is 0 Å². The molecule has 6 heteroatoms. The number of hydrogen-bond donors (Lipinski definition) is 2. The molecule has 1 unspecified atom stereocenters. The van der Waals surface area contributed by atoms with E-state index in [2.05, 4.69) is 22.2 Å². The van der Waals surface area contributed by atoms with Crippen LogP contribution in [0.4, 0.5) is 5.82 Å². The minimum Gasteiger partial charge on any atom is -0.381 e. The zero-order valence-corrected chi connectivity index (χ0v) is 12.4. The maximum atomic E-state index is 11.7. The molecule has 1 heterocycles. The molecule has 0 fully saturated rings. The van der Waals surface area contributed by atoms with E-state index < -0.39 is 0 Å². The van der Waals surface area contributed by atoms with E-state index in [0.717, 1.165) is 12.8 Å². The molecule has 1 aromatic rings. The van der Waals surface area contributed by atoms with E-state index >= 15 is 0 Å². The Morgan fingerprint density at radius 2 is 2.16 bits per heavy atom. The molecule has 0 spiro atoms. The number of nitrogens with two attached hydrogens (primary N) is 1. The summed E-state index contributed by atoms with van der Waals surface area (Å²) in [5, 5.41) is 3.59. The second-order valence-corrected chi connectivity index (χ2v) is 5.46. The Hall–Kier alpha value is -1.30. The van der Waals surface area contributed by atoms with Gasteiger partial charge in [-0.25, -0.2) is 9.97 Å². The Labute approximate surface area is 118 Å². The fourth-order valence-corrected chi connectivity index (χ4v) is 2.36. The molecule has 106 valence electrons. The summed E-state index contributed by atoms with van der Waals surface area (Å²) in [6.45, 7) is 4.21. The molecule has 1 aromatic heterocycles. The number of unbranched alkanes of at least 4 members (excludes halogenated alkanes) is 2. The molecule has 0 saturated carbocycles. The minimum atomic E-state index is 0.0130. The predicted molar refractivity (Wildman–Crippen MR) is 78.9 cm³/mol. The van der Waals surface area contributed by atoms with E-state index in [-0.39, 0.29) is 11.9 Å². The van der Waals surface area contributed by atoms with Crippen molar-refractivity contribution in [3.63, 3.8) is 0 Å². The summed E-state index contributed by atoms with van der Waals surface area (Å²) < 4.78 is 0. The molecule has 19 heavy (non-hydrogen) atoms. The SMILES string of the molecule is CCCCCC(C)NC(=O)CSc1nccnc1N. The number of hydrogen-bond acceptors (Lipinski definition) is 5. The highest BCUT2D eigenvalue weighted by Crippen LogP contribution is 2.19. The molecule has 0 bridgehead atoms. The smallest absolute Gasteiger partial charge is 0.230 e. The van der Waals surface area contributed by atoms with Crippen LogP contribution in [-0.2, 0) is 4.79 Å². The van der Waals surface area contributed by atoms with E-state index in [0.29, 0.717) is 16.6 Å². The summed E-state index contributed by atoms with van der Waals surface area (Å²) in [7, 11) is 0. The number of rotatable bonds is 8. The van der Waals surface area contributed by atoms with Crippen LogP contribution in [0.1, 0.15) is 39.5 Å². The van der Waals surface area contributed by atoms with Gasteiger partial charge in [0.1, 0.15) is 5.03 Å². The zero-order valence-electron chi connectivity index (χ0n) is 11.6. The number of thioether (sulfide) groups is 1. The lowest BCUT2D eigenvalue weighted by atomic mass is 10.1. The zero-order chi connectivity index (χ0) is 14.1. The van der Waals surface area contributed by atoms with Crippen molar-refractivity contribution in [1.29, 1.82) is 0 Å². The number of aromatic nitrogens is 2. The third kappa shape index (κ3) is 6.42. The lowest BCUT2D eigenvalue weighted by Gasteiger charge is -2.13. The topological polar surface area (TPSA) is 80.9 Å². The molecule has 0 saturated heterocycles. The average Bonchev–Trinajstić information content (AvgIpc) is 2.38. The lowest BCUT2D eigenvalue weighted by molar-refractivity contribution is -0.119. The first-order valence-corrected chi connectivity index (χ1v) is 7.60. The summed E-state index contributed by atoms with van der Waals surface area (Å²) in [6, 6.07) is 0.221. The van der Waals surface area contributed by atoms with Crippen molar-refractivity contribution in [2.75, 3.05) is 11.5 Å². The van der Waals surface area contributed by atoms with Gasteiger partial charge in [-0.05, 0) is 13.3 Å². The maximum Gasteiger partial charge on any atom is 0.230 e. The summed E-state index contributed by atoms with van der Waals surface area (Å²) >= 11 is 1.31. The summed E-state index contributed by atoms with van der Waals surface area (Å²) in [5.74, 6) is 0.705. The van der Waals surface area contributed by atoms with Gasteiger partial charge in [-0.2, -0.15) is 0 Å². The van der Waals surface area contributed by atoms with Crippen molar-refractivity contribution in [3.8, 4) is 0 Å². The molecule has 0 aliphatic carbocycles. The highest BCUT2D eigenvalue weighted by atomic mass is 32.2. The van der Waals surface area contributed by atoms with Gasteiger partial charge in [-0.3, -0.25) is 4.79 Å². The van der Waals surface area contributed by atoms with Crippen LogP contribution < -0.4 is 11.1 Å². The largest absolute Gasteiger partial charge is 0.381 e. The van der Waals surface area contributed by atoms with E-state index in [9.17, 15) is 4.79 Å². The molecular weight excluding hydrogens is 260 g/mol. The highest BCUT2D eigenvalue weighted by molar-refractivity contribution is 8.00. The first-order valence-electron chi connectivity index (χ1n) is 6.62. The molecule has 1 rings (SSSR count). The van der Waals surface area contributed by atoms with Crippen molar-refractivity contribution in [2.45, 2.75) is 50.6 Å². The van der Waals surface area contributed by atoms with Crippen molar-refractivity contribution in [1.82, 2.24) is 15.3 Å². The molecule has 0 aliphatic heterocycles. The van der Waals surface area contributed by atoms with Crippen molar-refractivity contribution in [3.05, 3.63) is 12.4 Å². The van der Waals surface area contributed by atoms with Crippen LogP contribution in [0.3, 0.4) is 0 Å². The number of amides is 1. The Kier molecular flexibility index (Phi) is 7.25. The second kappa shape index (κ2) is 8.74. The third-order valence-corrected chi connectivity index (χ3v) is 3.67. The monoisotopic (exact) mass is 282 g/mol. The standard InChI is InChI=1S/C13H22N4OS/c1-3-4-5-6-10(2)17-11(18)9-19-13-12(14)15-7-8-16-13/h7-8,10H,3-6,9H2,1-2H3,(H2,14,15)(H,17,18). The molecule has 1 amide bonds. The van der Waals surface area contributed by atoms with Gasteiger partial charge in [0, 0.05) is 18.4 Å². The quantitative estimate of drug-likeness (QED) is 0.564. The van der Waals surface area contributed by atoms with Crippen LogP contribution in [0.2, 0.25) is 0 Å². The molecule has 3 N–H and O–H groups in total. The van der Waals surface area contributed by atoms with Crippen LogP contribution in [0, 0.1) is 0 Å². The van der Waals surface area contributed by atoms with Gasteiger partial charge >= 0.3 is 0 Å². The lowest BCUT2D eigenvalue weighted by Crippen LogP contribution is -2.33. The fraction of sp³-hybridized carbons (Fsp3) is 0.615. The number of nitrogen functional groups attached to an aromatic ring is 1. The summed E-state index contributed by atoms with van der Waals surface area (Å²) in [5.41, 5.74) is 5.66. The van der Waals surface area contributed by atoms with Gasteiger partial charge < -0.3 is 11.1 Å². The van der Waals surface area contributed by atoms with Gasteiger partial charge in [0.15, 0.2) is 5.82 Å². The molecule has 1 atom stereocenters. The van der Waals surface area contributed by atoms with Gasteiger partial charge in [-0.15, -0.1) is 0 Å². The van der Waals surface area contributed by atoms with Crippen molar-refractivity contribution in [2.24, 2.45) is 0 Å². The van der Waals surface area contributed by atoms with Gasteiger partial charge in [0.25, 0.3) is 0 Å². The Morgan fingerprint density at radius 1 is 1.42 bits per heavy atom. The van der Waals surface area contributed by atoms with Crippen LogP contribution in [0.15, 0.2) is 17.4 Å². The fourth-order valence-electron chi connectivity index (χ4n) is 1.67. The molecular formula is C13H22N4OS. The predicted octanol–water partition coefficient (Wildman–Crippen LogP) is 2.24. The minimum absolute atomic E-state index is 0.0130. The average molecular weight is 282 g/mol. The van der Waals surface area contributed by atoms with Crippen LogP contribution in [0.25, 0.3) is 0 Å². The summed E-state index contributed by atoms with van der Waals surface area (Å²) in [4.78, 5) is 19.8.